The van der Waals surface area contributed by atoms with Crippen molar-refractivity contribution < 1.29 is 5.11 Å². The number of hydrogen-bond donors (Lipinski definition) is 1. The molecule has 1 aliphatic heterocycles. The van der Waals surface area contributed by atoms with Gasteiger partial charge in [-0.2, -0.15) is 0 Å². The third-order valence-electron chi connectivity index (χ3n) is 2.61. The predicted octanol–water partition coefficient (Wildman–Crippen LogP) is 1.56. The number of likely N-dealkylation sites (N-methyl/N-ethyl adjacent to an activating group) is 1. The molecule has 0 radical (unpaired) electrons. The van der Waals surface area contributed by atoms with Gasteiger partial charge in [0, 0.05) is 24.5 Å². The third-order valence-corrected chi connectivity index (χ3v) is 2.97. The van der Waals surface area contributed by atoms with Crippen LogP contribution in [0.5, 0.6) is 0 Å². The van der Waals surface area contributed by atoms with E-state index in [9.17, 15) is 5.11 Å². The Labute approximate surface area is 89.1 Å². The number of rotatable bonds is 2. The van der Waals surface area contributed by atoms with Crippen LogP contribution in [0.3, 0.4) is 0 Å². The van der Waals surface area contributed by atoms with Crippen LogP contribution in [0.4, 0.5) is 0 Å². The molecule has 1 saturated heterocycles. The van der Waals surface area contributed by atoms with Crippen LogP contribution in [-0.2, 0) is 6.42 Å². The van der Waals surface area contributed by atoms with Gasteiger partial charge in [-0.05, 0) is 18.7 Å². The highest BCUT2D eigenvalue weighted by atomic mass is 35.5. The second-order valence-electron chi connectivity index (χ2n) is 4.16. The molecule has 1 aliphatic rings. The lowest BCUT2D eigenvalue weighted by Gasteiger charge is -2.44. The second kappa shape index (κ2) is 3.54. The minimum atomic E-state index is -0.570. The van der Waals surface area contributed by atoms with E-state index in [1.807, 2.05) is 31.3 Å². The van der Waals surface area contributed by atoms with Gasteiger partial charge in [-0.3, -0.25) is 0 Å². The van der Waals surface area contributed by atoms with Crippen LogP contribution < -0.4 is 0 Å². The van der Waals surface area contributed by atoms with Crippen LogP contribution in [0.25, 0.3) is 0 Å². The van der Waals surface area contributed by atoms with Crippen LogP contribution in [0.15, 0.2) is 24.3 Å². The van der Waals surface area contributed by atoms with Gasteiger partial charge in [-0.15, -0.1) is 0 Å². The molecule has 0 atom stereocenters. The fraction of sp³-hybridized carbons (Fsp3) is 0.455. The van der Waals surface area contributed by atoms with Crippen molar-refractivity contribution in [1.29, 1.82) is 0 Å². The van der Waals surface area contributed by atoms with Crippen LogP contribution >= 0.6 is 11.6 Å². The van der Waals surface area contributed by atoms with Gasteiger partial charge in [0.1, 0.15) is 0 Å². The summed E-state index contributed by atoms with van der Waals surface area (Å²) in [6.07, 6.45) is 0.650. The first-order chi connectivity index (χ1) is 6.59. The number of β-amino-alcohol motifs (C(OH)–C–C–N with tert-alkyl or cyclic N) is 1. The van der Waals surface area contributed by atoms with Crippen LogP contribution in [0.2, 0.25) is 5.02 Å². The molecule has 1 heterocycles. The summed E-state index contributed by atoms with van der Waals surface area (Å²) in [4.78, 5) is 2.09. The lowest BCUT2D eigenvalue weighted by atomic mass is 9.87. The normalized spacial score (nSPS) is 20.5. The average molecular weight is 212 g/mol. The fourth-order valence-corrected chi connectivity index (χ4v) is 2.27. The maximum atomic E-state index is 10.1. The van der Waals surface area contributed by atoms with Gasteiger partial charge >= 0.3 is 0 Å². The molecular formula is C11H14ClNO. The van der Waals surface area contributed by atoms with E-state index in [4.69, 9.17) is 11.6 Å². The highest BCUT2D eigenvalue weighted by Gasteiger charge is 2.39. The minimum absolute atomic E-state index is 0.570. The Balaban J connectivity index is 2.08. The maximum absolute atomic E-state index is 10.1. The summed E-state index contributed by atoms with van der Waals surface area (Å²) in [5, 5.41) is 10.8. The van der Waals surface area contributed by atoms with E-state index in [-0.39, 0.29) is 0 Å². The van der Waals surface area contributed by atoms with Crippen LogP contribution in [0.1, 0.15) is 5.56 Å². The van der Waals surface area contributed by atoms with Crippen molar-refractivity contribution in [3.05, 3.63) is 34.9 Å². The quantitative estimate of drug-likeness (QED) is 0.803. The zero-order valence-corrected chi connectivity index (χ0v) is 8.96. The summed E-state index contributed by atoms with van der Waals surface area (Å²) < 4.78 is 0. The summed E-state index contributed by atoms with van der Waals surface area (Å²) in [5.74, 6) is 0. The second-order valence-corrected chi connectivity index (χ2v) is 4.57. The average Bonchev–Trinajstić information content (AvgIpc) is 2.06. The van der Waals surface area contributed by atoms with Crippen molar-refractivity contribution in [1.82, 2.24) is 4.90 Å². The monoisotopic (exact) mass is 211 g/mol. The summed E-state index contributed by atoms with van der Waals surface area (Å²) in [6, 6.07) is 7.69. The van der Waals surface area contributed by atoms with Gasteiger partial charge in [0.25, 0.3) is 0 Å². The Morgan fingerprint density at radius 1 is 1.43 bits per heavy atom. The van der Waals surface area contributed by atoms with E-state index in [0.717, 1.165) is 23.7 Å². The van der Waals surface area contributed by atoms with Crippen molar-refractivity contribution in [2.45, 2.75) is 12.0 Å². The SMILES string of the molecule is CN1CC(O)(Cc2ccccc2Cl)C1. The Morgan fingerprint density at radius 2 is 2.07 bits per heavy atom. The molecule has 2 rings (SSSR count). The molecule has 0 aliphatic carbocycles. The number of aliphatic hydroxyl groups is 1. The van der Waals surface area contributed by atoms with E-state index in [2.05, 4.69) is 4.90 Å². The van der Waals surface area contributed by atoms with Crippen LogP contribution in [-0.4, -0.2) is 35.7 Å². The molecule has 76 valence electrons. The molecule has 1 fully saturated rings. The first kappa shape index (κ1) is 9.97. The Hall–Kier alpha value is -0.570. The number of hydrogen-bond acceptors (Lipinski definition) is 2. The molecule has 0 unspecified atom stereocenters. The zero-order valence-electron chi connectivity index (χ0n) is 8.20. The van der Waals surface area contributed by atoms with E-state index < -0.39 is 5.60 Å². The molecule has 1 N–H and O–H groups in total. The molecule has 0 amide bonds. The lowest BCUT2D eigenvalue weighted by Crippen LogP contribution is -2.61. The zero-order chi connectivity index (χ0) is 10.2. The van der Waals surface area contributed by atoms with E-state index in [1.165, 1.54) is 0 Å². The standard InChI is InChI=1S/C11H14ClNO/c1-13-7-11(14,8-13)6-9-4-2-3-5-10(9)12/h2-5,14H,6-8H2,1H3. The number of nitrogens with zero attached hydrogens (tertiary/aromatic N) is 1. The maximum Gasteiger partial charge on any atom is 0.0940 e. The van der Waals surface area contributed by atoms with Crippen molar-refractivity contribution in [2.75, 3.05) is 20.1 Å². The van der Waals surface area contributed by atoms with Crippen molar-refractivity contribution in [3.8, 4) is 0 Å². The molecule has 0 aromatic heterocycles. The highest BCUT2D eigenvalue weighted by molar-refractivity contribution is 6.31. The lowest BCUT2D eigenvalue weighted by molar-refractivity contribution is -0.0847. The molecule has 0 bridgehead atoms. The molecular weight excluding hydrogens is 198 g/mol. The molecule has 14 heavy (non-hydrogen) atoms. The summed E-state index contributed by atoms with van der Waals surface area (Å²) in [5.41, 5.74) is 0.462. The number of likely N-dealkylation sites (tertiary alicyclic amines) is 1. The summed E-state index contributed by atoms with van der Waals surface area (Å²) >= 11 is 6.02. The molecule has 1 aromatic rings. The van der Waals surface area contributed by atoms with Gasteiger partial charge in [-0.25, -0.2) is 0 Å². The minimum Gasteiger partial charge on any atom is -0.387 e. The smallest absolute Gasteiger partial charge is 0.0940 e. The largest absolute Gasteiger partial charge is 0.387 e. The van der Waals surface area contributed by atoms with Gasteiger partial charge in [0.15, 0.2) is 0 Å². The fourth-order valence-electron chi connectivity index (χ4n) is 2.07. The van der Waals surface area contributed by atoms with E-state index in [0.29, 0.717) is 6.42 Å². The predicted molar refractivity (Wildman–Crippen MR) is 57.6 cm³/mol. The molecule has 1 aromatic carbocycles. The van der Waals surface area contributed by atoms with Crippen molar-refractivity contribution >= 4 is 11.6 Å². The van der Waals surface area contributed by atoms with Crippen LogP contribution in [0, 0.1) is 0 Å². The third kappa shape index (κ3) is 1.92. The van der Waals surface area contributed by atoms with Gasteiger partial charge < -0.3 is 10.0 Å². The molecule has 0 saturated carbocycles. The number of halogens is 1. The first-order valence-corrected chi connectivity index (χ1v) is 5.11. The molecule has 3 heteroatoms. The Morgan fingerprint density at radius 3 is 2.64 bits per heavy atom. The Bertz CT molecular complexity index is 334. The molecule has 0 spiro atoms. The van der Waals surface area contributed by atoms with Crippen molar-refractivity contribution in [2.24, 2.45) is 0 Å². The van der Waals surface area contributed by atoms with Gasteiger partial charge in [0.05, 0.1) is 5.60 Å². The van der Waals surface area contributed by atoms with E-state index >= 15 is 0 Å². The van der Waals surface area contributed by atoms with Gasteiger partial charge in [0.2, 0.25) is 0 Å². The van der Waals surface area contributed by atoms with E-state index in [1.54, 1.807) is 0 Å². The van der Waals surface area contributed by atoms with Gasteiger partial charge in [-0.1, -0.05) is 29.8 Å². The van der Waals surface area contributed by atoms with Crippen molar-refractivity contribution in [3.63, 3.8) is 0 Å². The highest BCUT2D eigenvalue weighted by Crippen LogP contribution is 2.26. The topological polar surface area (TPSA) is 23.5 Å². The number of benzene rings is 1. The first-order valence-electron chi connectivity index (χ1n) is 4.73. The summed E-state index contributed by atoms with van der Waals surface area (Å²) in [6.45, 7) is 1.47. The molecule has 2 nitrogen and oxygen atoms in total. The Kier molecular flexibility index (Phi) is 2.52. The summed E-state index contributed by atoms with van der Waals surface area (Å²) in [7, 11) is 2.00.